The van der Waals surface area contributed by atoms with Crippen molar-refractivity contribution in [2.75, 3.05) is 13.2 Å². The second kappa shape index (κ2) is 13.5. The summed E-state index contributed by atoms with van der Waals surface area (Å²) in [4.78, 5) is 27.0. The monoisotopic (exact) mass is 679 g/mol. The molecule has 2 heterocycles. The molecule has 1 saturated carbocycles. The number of allylic oxidation sites excluding steroid dienone is 1. The molecule has 0 unspecified atom stereocenters. The van der Waals surface area contributed by atoms with Gasteiger partial charge in [0.05, 0.1) is 27.2 Å². The van der Waals surface area contributed by atoms with Crippen LogP contribution in [0.15, 0.2) is 119 Å². The summed E-state index contributed by atoms with van der Waals surface area (Å²) in [6.45, 7) is -0.0282. The zero-order chi connectivity index (χ0) is 33.3. The van der Waals surface area contributed by atoms with Crippen molar-refractivity contribution < 1.29 is 22.7 Å². The Bertz CT molecular complexity index is 2030. The highest BCUT2D eigenvalue weighted by Crippen LogP contribution is 2.44. The summed E-state index contributed by atoms with van der Waals surface area (Å²) < 4.78 is 34.1. The fraction of sp³-hybridized carbons (Fsp3) is 0.237. The summed E-state index contributed by atoms with van der Waals surface area (Å²) in [6, 6.07) is 31.2. The van der Waals surface area contributed by atoms with E-state index in [1.54, 1.807) is 0 Å². The maximum absolute atomic E-state index is 13.8. The molecule has 0 aromatic heterocycles. The predicted molar refractivity (Wildman–Crippen MR) is 185 cm³/mol. The van der Waals surface area contributed by atoms with Gasteiger partial charge in [-0.15, -0.1) is 0 Å². The molecule has 4 aromatic rings. The number of carbonyl (C=O) groups is 2. The summed E-state index contributed by atoms with van der Waals surface area (Å²) in [5.74, 6) is -1.38. The number of halogens is 1. The average Bonchev–Trinajstić information content (AvgIpc) is 3.52. The molecule has 2 atom stereocenters. The van der Waals surface area contributed by atoms with Gasteiger partial charge in [-0.3, -0.25) is 4.79 Å². The summed E-state index contributed by atoms with van der Waals surface area (Å²) in [5.41, 5.74) is 5.92. The largest absolute Gasteiger partial charge is 0.452 e. The van der Waals surface area contributed by atoms with Gasteiger partial charge in [-0.2, -0.15) is 9.41 Å². The highest BCUT2D eigenvalue weighted by molar-refractivity contribution is 7.89. The molecule has 7 rings (SSSR count). The molecular formula is C38H34ClN3O5S. The van der Waals surface area contributed by atoms with Crippen molar-refractivity contribution in [2.24, 2.45) is 11.0 Å². The predicted octanol–water partition coefficient (Wildman–Crippen LogP) is 7.07. The molecule has 2 aliphatic heterocycles. The Morgan fingerprint density at radius 1 is 0.896 bits per heavy atom. The van der Waals surface area contributed by atoms with Crippen molar-refractivity contribution in [1.29, 1.82) is 0 Å². The van der Waals surface area contributed by atoms with E-state index in [4.69, 9.17) is 21.4 Å². The number of carbonyl (C=O) groups excluding carboxylic acids is 2. The van der Waals surface area contributed by atoms with Gasteiger partial charge in [0.15, 0.2) is 6.61 Å². The van der Waals surface area contributed by atoms with E-state index >= 15 is 0 Å². The number of nitrogens with zero attached hydrogens (tertiary/aromatic N) is 3. The highest BCUT2D eigenvalue weighted by atomic mass is 35.5. The Kier molecular flexibility index (Phi) is 9.00. The Labute approximate surface area is 285 Å². The van der Waals surface area contributed by atoms with Gasteiger partial charge < -0.3 is 4.74 Å². The van der Waals surface area contributed by atoms with Crippen LogP contribution in [0.5, 0.6) is 0 Å². The molecule has 0 radical (unpaired) electrons. The third-order valence-corrected chi connectivity index (χ3v) is 11.4. The number of fused-ring (bicyclic) bond motifs is 2. The molecule has 4 aromatic carbocycles. The number of hydrogen-bond acceptors (Lipinski definition) is 6. The van der Waals surface area contributed by atoms with Gasteiger partial charge in [-0.1, -0.05) is 96.5 Å². The summed E-state index contributed by atoms with van der Waals surface area (Å²) in [5, 5.41) is 6.33. The summed E-state index contributed by atoms with van der Waals surface area (Å²) >= 11 is 6.37. The highest BCUT2D eigenvalue weighted by Gasteiger charge is 2.44. The van der Waals surface area contributed by atoms with Crippen LogP contribution in [0.4, 0.5) is 0 Å². The normalized spacial score (nSPS) is 20.1. The molecule has 244 valence electrons. The molecule has 0 saturated heterocycles. The molecular weight excluding hydrogens is 646 g/mol. The molecule has 0 N–H and O–H groups in total. The number of rotatable bonds is 7. The van der Waals surface area contributed by atoms with Gasteiger partial charge in [-0.25, -0.2) is 18.2 Å². The topological polar surface area (TPSA) is 96.4 Å². The van der Waals surface area contributed by atoms with Crippen LogP contribution < -0.4 is 0 Å². The Balaban J connectivity index is 1.11. The zero-order valence-corrected chi connectivity index (χ0v) is 27.7. The maximum atomic E-state index is 13.8. The summed E-state index contributed by atoms with van der Waals surface area (Å²) in [6.07, 6.45) is 5.41. The minimum absolute atomic E-state index is 0.00570. The zero-order valence-electron chi connectivity index (χ0n) is 26.2. The van der Waals surface area contributed by atoms with Crippen molar-refractivity contribution >= 4 is 45.3 Å². The molecule has 1 amide bonds. The SMILES string of the molecule is O=C(OCC(=O)N1N=C2/C(=C/c3ccccc3)CCC[C@H]2[C@@H]1c1ccccc1)c1cc(S(=O)(=O)N2CCc3ccccc3C2)ccc1Cl. The number of hydrogen-bond donors (Lipinski definition) is 0. The van der Waals surface area contributed by atoms with Crippen LogP contribution in [-0.2, 0) is 32.5 Å². The van der Waals surface area contributed by atoms with Gasteiger partial charge in [0.1, 0.15) is 0 Å². The van der Waals surface area contributed by atoms with Crippen LogP contribution in [0.25, 0.3) is 6.08 Å². The lowest BCUT2D eigenvalue weighted by Gasteiger charge is -2.29. The van der Waals surface area contributed by atoms with Crippen LogP contribution >= 0.6 is 11.6 Å². The molecule has 1 fully saturated rings. The Morgan fingerprint density at radius 3 is 2.38 bits per heavy atom. The van der Waals surface area contributed by atoms with Crippen molar-refractivity contribution in [2.45, 2.75) is 43.2 Å². The van der Waals surface area contributed by atoms with Crippen LogP contribution in [0, 0.1) is 5.92 Å². The molecule has 8 nitrogen and oxygen atoms in total. The first kappa shape index (κ1) is 32.0. The number of ether oxygens (including phenoxy) is 1. The first-order valence-electron chi connectivity index (χ1n) is 16.0. The number of esters is 1. The first-order valence-corrected chi connectivity index (χ1v) is 17.9. The van der Waals surface area contributed by atoms with Crippen molar-refractivity contribution in [3.05, 3.63) is 142 Å². The van der Waals surface area contributed by atoms with E-state index in [1.165, 1.54) is 27.5 Å². The van der Waals surface area contributed by atoms with E-state index in [9.17, 15) is 18.0 Å². The standard InChI is InChI=1S/C38H34ClN3O5S/c39-34-19-18-31(48(45,46)41-21-20-27-12-7-8-15-30(27)24-41)23-33(34)38(44)47-25-35(43)42-37(28-13-5-2-6-14-28)32-17-9-16-29(36(32)40-42)22-26-10-3-1-4-11-26/h1-8,10-15,18-19,22-23,32,37H,9,16-17,20-21,24-25H2/b29-22+/t32-,37+/m1/s1. The lowest BCUT2D eigenvalue weighted by molar-refractivity contribution is -0.137. The number of hydrazone groups is 1. The van der Waals surface area contributed by atoms with Gasteiger partial charge in [0, 0.05) is 19.0 Å². The molecule has 0 bridgehead atoms. The van der Waals surface area contributed by atoms with E-state index < -0.39 is 28.5 Å². The van der Waals surface area contributed by atoms with E-state index in [2.05, 4.69) is 6.08 Å². The van der Waals surface area contributed by atoms with Gasteiger partial charge >= 0.3 is 5.97 Å². The van der Waals surface area contributed by atoms with Crippen molar-refractivity contribution in [3.8, 4) is 0 Å². The quantitative estimate of drug-likeness (QED) is 0.195. The fourth-order valence-corrected chi connectivity index (χ4v) is 8.50. The second-order valence-corrected chi connectivity index (χ2v) is 14.6. The van der Waals surface area contributed by atoms with E-state index in [1.807, 2.05) is 84.9 Å². The summed E-state index contributed by atoms with van der Waals surface area (Å²) in [7, 11) is -3.93. The Hall–Kier alpha value is -4.57. The molecule has 0 spiro atoms. The van der Waals surface area contributed by atoms with Gasteiger partial charge in [0.25, 0.3) is 5.91 Å². The number of benzene rings is 4. The Morgan fingerprint density at radius 2 is 1.60 bits per heavy atom. The van der Waals surface area contributed by atoms with Crippen molar-refractivity contribution in [1.82, 2.24) is 9.31 Å². The van der Waals surface area contributed by atoms with E-state index in [0.29, 0.717) is 13.0 Å². The third-order valence-electron chi connectivity index (χ3n) is 9.26. The number of sulfonamides is 1. The van der Waals surface area contributed by atoms with E-state index in [-0.39, 0.29) is 34.0 Å². The van der Waals surface area contributed by atoms with Gasteiger partial charge in [0.2, 0.25) is 10.0 Å². The first-order chi connectivity index (χ1) is 23.3. The van der Waals surface area contributed by atoms with E-state index in [0.717, 1.165) is 52.8 Å². The molecule has 48 heavy (non-hydrogen) atoms. The molecule has 3 aliphatic rings. The van der Waals surface area contributed by atoms with Crippen LogP contribution in [0.3, 0.4) is 0 Å². The lowest BCUT2D eigenvalue weighted by atomic mass is 9.77. The van der Waals surface area contributed by atoms with Crippen LogP contribution in [0.1, 0.15) is 57.9 Å². The third kappa shape index (κ3) is 6.33. The van der Waals surface area contributed by atoms with Crippen molar-refractivity contribution in [3.63, 3.8) is 0 Å². The van der Waals surface area contributed by atoms with Gasteiger partial charge in [-0.05, 0) is 77.8 Å². The van der Waals surface area contributed by atoms with Crippen LogP contribution in [0.2, 0.25) is 5.02 Å². The minimum atomic E-state index is -3.93. The minimum Gasteiger partial charge on any atom is -0.452 e. The maximum Gasteiger partial charge on any atom is 0.340 e. The van der Waals surface area contributed by atoms with Crippen LogP contribution in [-0.4, -0.2) is 48.5 Å². The molecule has 1 aliphatic carbocycles. The average molecular weight is 680 g/mol. The second-order valence-electron chi connectivity index (χ2n) is 12.2. The lowest BCUT2D eigenvalue weighted by Crippen LogP contribution is -2.36. The smallest absolute Gasteiger partial charge is 0.340 e. The number of amides is 1. The molecule has 10 heteroatoms. The fourth-order valence-electron chi connectivity index (χ4n) is 6.86.